The van der Waals surface area contributed by atoms with Crippen LogP contribution >= 0.6 is 0 Å². The Balaban J connectivity index is 3.07. The van der Waals surface area contributed by atoms with Gasteiger partial charge in [0.2, 0.25) is 0 Å². The van der Waals surface area contributed by atoms with Crippen molar-refractivity contribution in [3.8, 4) is 0 Å². The Kier molecular flexibility index (Phi) is 5.36. The van der Waals surface area contributed by atoms with Gasteiger partial charge >= 0.3 is 0 Å². The predicted octanol–water partition coefficient (Wildman–Crippen LogP) is 3.57. The third-order valence-corrected chi connectivity index (χ3v) is 3.44. The van der Waals surface area contributed by atoms with E-state index < -0.39 is 0 Å². The number of likely N-dealkylation sites (N-methyl/N-ethyl adjacent to an activating group) is 1. The zero-order chi connectivity index (χ0) is 13.8. The fourth-order valence-corrected chi connectivity index (χ4v) is 2.49. The van der Waals surface area contributed by atoms with Gasteiger partial charge in [0.15, 0.2) is 0 Å². The summed E-state index contributed by atoms with van der Waals surface area (Å²) in [5, 5.41) is 3.40. The molecular formula is C16H27NO. The summed E-state index contributed by atoms with van der Waals surface area (Å²) in [4.78, 5) is 0. The molecule has 1 rings (SSSR count). The van der Waals surface area contributed by atoms with Crippen molar-refractivity contribution in [1.82, 2.24) is 5.32 Å². The van der Waals surface area contributed by atoms with Crippen LogP contribution in [0.2, 0.25) is 0 Å². The van der Waals surface area contributed by atoms with Crippen molar-refractivity contribution in [2.75, 3.05) is 14.2 Å². The molecule has 0 aliphatic rings. The Morgan fingerprint density at radius 2 is 1.94 bits per heavy atom. The van der Waals surface area contributed by atoms with Gasteiger partial charge in [-0.3, -0.25) is 0 Å². The molecule has 2 heteroatoms. The van der Waals surface area contributed by atoms with Crippen LogP contribution in [0.4, 0.5) is 0 Å². The fraction of sp³-hybridized carbons (Fsp3) is 0.625. The van der Waals surface area contributed by atoms with Crippen LogP contribution in [0.5, 0.6) is 0 Å². The highest BCUT2D eigenvalue weighted by Gasteiger charge is 2.32. The van der Waals surface area contributed by atoms with E-state index in [1.807, 2.05) is 7.05 Å². The van der Waals surface area contributed by atoms with E-state index in [1.165, 1.54) is 11.1 Å². The van der Waals surface area contributed by atoms with Crippen molar-refractivity contribution < 1.29 is 4.74 Å². The molecule has 0 heterocycles. The summed E-state index contributed by atoms with van der Waals surface area (Å²) in [5.74, 6) is 0. The number of aryl methyl sites for hydroxylation is 1. The second-order valence-electron chi connectivity index (χ2n) is 5.89. The molecule has 0 saturated carbocycles. The number of ether oxygens (including phenoxy) is 1. The molecular weight excluding hydrogens is 222 g/mol. The van der Waals surface area contributed by atoms with Crippen LogP contribution < -0.4 is 5.32 Å². The molecule has 1 aromatic carbocycles. The third kappa shape index (κ3) is 3.56. The Hall–Kier alpha value is -0.860. The molecule has 2 unspecified atom stereocenters. The van der Waals surface area contributed by atoms with Gasteiger partial charge in [0.05, 0.1) is 12.1 Å². The smallest absolute Gasteiger partial charge is 0.0813 e. The first-order chi connectivity index (χ1) is 8.43. The highest BCUT2D eigenvalue weighted by Crippen LogP contribution is 2.32. The molecule has 0 aliphatic heterocycles. The average molecular weight is 249 g/mol. The number of benzene rings is 1. The molecule has 0 amide bonds. The Morgan fingerprint density at radius 1 is 1.28 bits per heavy atom. The molecule has 1 N–H and O–H groups in total. The normalized spacial score (nSPS) is 15.4. The Labute approximate surface area is 112 Å². The lowest BCUT2D eigenvalue weighted by molar-refractivity contribution is -0.0102. The molecule has 0 aliphatic carbocycles. The van der Waals surface area contributed by atoms with E-state index in [1.54, 1.807) is 7.11 Å². The minimum atomic E-state index is 0.102. The maximum absolute atomic E-state index is 5.73. The third-order valence-electron chi connectivity index (χ3n) is 3.44. The van der Waals surface area contributed by atoms with Crippen LogP contribution in [-0.4, -0.2) is 20.3 Å². The number of hydrogen-bond acceptors (Lipinski definition) is 2. The quantitative estimate of drug-likeness (QED) is 0.861. The van der Waals surface area contributed by atoms with Gasteiger partial charge in [-0.05, 0) is 30.0 Å². The van der Waals surface area contributed by atoms with Crippen LogP contribution in [0.15, 0.2) is 24.3 Å². The monoisotopic (exact) mass is 249 g/mol. The van der Waals surface area contributed by atoms with Crippen LogP contribution in [0.3, 0.4) is 0 Å². The summed E-state index contributed by atoms with van der Waals surface area (Å²) in [6.07, 6.45) is 1.21. The van der Waals surface area contributed by atoms with E-state index in [2.05, 4.69) is 57.3 Å². The van der Waals surface area contributed by atoms with Crippen molar-refractivity contribution >= 4 is 0 Å². The van der Waals surface area contributed by atoms with Crippen molar-refractivity contribution in [3.05, 3.63) is 35.4 Å². The van der Waals surface area contributed by atoms with E-state index in [0.29, 0.717) is 0 Å². The first kappa shape index (κ1) is 15.2. The molecule has 18 heavy (non-hydrogen) atoms. The fourth-order valence-electron chi connectivity index (χ4n) is 2.49. The standard InChI is InChI=1S/C16H27NO/c1-7-12-9-8-10-13(11-12)14(17-5)15(18-6)16(2,3)4/h8-11,14-15,17H,7H2,1-6H3. The first-order valence-electron chi connectivity index (χ1n) is 6.73. The van der Waals surface area contributed by atoms with Gasteiger partial charge in [-0.1, -0.05) is 52.0 Å². The lowest BCUT2D eigenvalue weighted by Gasteiger charge is -2.36. The second-order valence-corrected chi connectivity index (χ2v) is 5.89. The summed E-state index contributed by atoms with van der Waals surface area (Å²) in [7, 11) is 3.80. The predicted molar refractivity (Wildman–Crippen MR) is 77.9 cm³/mol. The minimum absolute atomic E-state index is 0.102. The minimum Gasteiger partial charge on any atom is -0.379 e. The van der Waals surface area contributed by atoms with E-state index in [0.717, 1.165) is 6.42 Å². The topological polar surface area (TPSA) is 21.3 Å². The van der Waals surface area contributed by atoms with Crippen molar-refractivity contribution in [1.29, 1.82) is 0 Å². The highest BCUT2D eigenvalue weighted by atomic mass is 16.5. The molecule has 102 valence electrons. The van der Waals surface area contributed by atoms with E-state index >= 15 is 0 Å². The highest BCUT2D eigenvalue weighted by molar-refractivity contribution is 5.27. The van der Waals surface area contributed by atoms with Crippen molar-refractivity contribution in [2.24, 2.45) is 5.41 Å². The number of rotatable bonds is 5. The van der Waals surface area contributed by atoms with Crippen LogP contribution in [0, 0.1) is 5.41 Å². The molecule has 0 radical (unpaired) electrons. The van der Waals surface area contributed by atoms with Gasteiger partial charge in [0.25, 0.3) is 0 Å². The molecule has 2 atom stereocenters. The zero-order valence-electron chi connectivity index (χ0n) is 12.6. The molecule has 1 aromatic rings. The largest absolute Gasteiger partial charge is 0.379 e. The van der Waals surface area contributed by atoms with Crippen LogP contribution in [0.1, 0.15) is 44.9 Å². The Bertz CT molecular complexity index is 368. The summed E-state index contributed by atoms with van der Waals surface area (Å²) in [5.41, 5.74) is 2.78. The van der Waals surface area contributed by atoms with E-state index in [-0.39, 0.29) is 17.6 Å². The van der Waals surface area contributed by atoms with Gasteiger partial charge in [-0.15, -0.1) is 0 Å². The summed E-state index contributed by atoms with van der Waals surface area (Å²) in [6, 6.07) is 8.99. The van der Waals surface area contributed by atoms with Crippen LogP contribution in [-0.2, 0) is 11.2 Å². The molecule has 0 fully saturated rings. The van der Waals surface area contributed by atoms with Gasteiger partial charge in [0.1, 0.15) is 0 Å². The molecule has 0 bridgehead atoms. The maximum Gasteiger partial charge on any atom is 0.0813 e. The SMILES string of the molecule is CCc1cccc(C(NC)C(OC)C(C)(C)C)c1. The molecule has 2 nitrogen and oxygen atoms in total. The lowest BCUT2D eigenvalue weighted by Crippen LogP contribution is -2.40. The van der Waals surface area contributed by atoms with E-state index in [4.69, 9.17) is 4.74 Å². The first-order valence-corrected chi connectivity index (χ1v) is 6.73. The summed E-state index contributed by atoms with van der Waals surface area (Å²) in [6.45, 7) is 8.84. The number of nitrogens with one attached hydrogen (secondary N) is 1. The Morgan fingerprint density at radius 3 is 2.39 bits per heavy atom. The molecule has 0 aromatic heterocycles. The number of methoxy groups -OCH3 is 1. The second kappa shape index (κ2) is 6.35. The van der Waals surface area contributed by atoms with Crippen LogP contribution in [0.25, 0.3) is 0 Å². The maximum atomic E-state index is 5.73. The molecule has 0 spiro atoms. The van der Waals surface area contributed by atoms with Crippen molar-refractivity contribution in [2.45, 2.75) is 46.3 Å². The van der Waals surface area contributed by atoms with Gasteiger partial charge in [0, 0.05) is 7.11 Å². The number of hydrogen-bond donors (Lipinski definition) is 1. The summed E-state index contributed by atoms with van der Waals surface area (Å²) < 4.78 is 5.73. The summed E-state index contributed by atoms with van der Waals surface area (Å²) >= 11 is 0. The molecule has 0 saturated heterocycles. The average Bonchev–Trinajstić information content (AvgIpc) is 2.34. The van der Waals surface area contributed by atoms with Crippen molar-refractivity contribution in [3.63, 3.8) is 0 Å². The zero-order valence-corrected chi connectivity index (χ0v) is 12.6. The van der Waals surface area contributed by atoms with Gasteiger partial charge < -0.3 is 10.1 Å². The van der Waals surface area contributed by atoms with E-state index in [9.17, 15) is 0 Å². The van der Waals surface area contributed by atoms with Gasteiger partial charge in [-0.25, -0.2) is 0 Å². The lowest BCUT2D eigenvalue weighted by atomic mass is 9.81. The van der Waals surface area contributed by atoms with Gasteiger partial charge in [-0.2, -0.15) is 0 Å².